The van der Waals surface area contributed by atoms with Crippen LogP contribution in [0.25, 0.3) is 0 Å². The van der Waals surface area contributed by atoms with Gasteiger partial charge in [0, 0.05) is 12.5 Å². The maximum atomic E-state index is 13.0. The summed E-state index contributed by atoms with van der Waals surface area (Å²) in [4.78, 5) is 23.2. The summed E-state index contributed by atoms with van der Waals surface area (Å²) >= 11 is 0. The average Bonchev–Trinajstić information content (AvgIpc) is 2.94. The van der Waals surface area contributed by atoms with E-state index in [1.54, 1.807) is 6.92 Å². The van der Waals surface area contributed by atoms with Crippen molar-refractivity contribution in [2.45, 2.75) is 50.7 Å². The van der Waals surface area contributed by atoms with E-state index in [4.69, 9.17) is 5.11 Å². The minimum absolute atomic E-state index is 0.0707. The summed E-state index contributed by atoms with van der Waals surface area (Å²) in [5, 5.41) is 11.8. The second-order valence-corrected chi connectivity index (χ2v) is 6.24. The third-order valence-electron chi connectivity index (χ3n) is 4.47. The van der Waals surface area contributed by atoms with E-state index in [0.29, 0.717) is 19.3 Å². The van der Waals surface area contributed by atoms with Gasteiger partial charge >= 0.3 is 12.1 Å². The molecule has 1 saturated carbocycles. The van der Waals surface area contributed by atoms with E-state index >= 15 is 0 Å². The van der Waals surface area contributed by atoms with Crippen molar-refractivity contribution in [1.82, 2.24) is 5.32 Å². The summed E-state index contributed by atoms with van der Waals surface area (Å²) in [7, 11) is 0. The molecule has 1 aromatic rings. The topological polar surface area (TPSA) is 66.4 Å². The summed E-state index contributed by atoms with van der Waals surface area (Å²) in [6.45, 7) is 1.56. The van der Waals surface area contributed by atoms with Gasteiger partial charge in [0.15, 0.2) is 0 Å². The van der Waals surface area contributed by atoms with Crippen LogP contribution in [-0.2, 0) is 15.8 Å². The van der Waals surface area contributed by atoms with Gasteiger partial charge < -0.3 is 10.4 Å². The number of hydrogen-bond acceptors (Lipinski definition) is 2. The molecule has 2 N–H and O–H groups in total. The third kappa shape index (κ3) is 4.27. The molecule has 0 aromatic heterocycles. The fourth-order valence-electron chi connectivity index (χ4n) is 3.27. The summed E-state index contributed by atoms with van der Waals surface area (Å²) in [5.74, 6) is -2.61. The van der Waals surface area contributed by atoms with E-state index in [-0.39, 0.29) is 12.0 Å². The van der Waals surface area contributed by atoms with Crippen molar-refractivity contribution in [3.63, 3.8) is 0 Å². The predicted octanol–water partition coefficient (Wildman–Crippen LogP) is 3.57. The second kappa shape index (κ2) is 7.23. The zero-order valence-electron chi connectivity index (χ0n) is 13.3. The van der Waals surface area contributed by atoms with E-state index in [0.717, 1.165) is 6.07 Å². The summed E-state index contributed by atoms with van der Waals surface area (Å²) in [6, 6.07) is 4.75. The van der Waals surface area contributed by atoms with Crippen LogP contribution < -0.4 is 5.32 Å². The Hall–Kier alpha value is -2.05. The molecule has 1 fully saturated rings. The lowest BCUT2D eigenvalue weighted by Gasteiger charge is -2.21. The van der Waals surface area contributed by atoms with Crippen molar-refractivity contribution in [1.29, 1.82) is 0 Å². The first-order valence-electron chi connectivity index (χ1n) is 7.88. The van der Waals surface area contributed by atoms with Crippen LogP contribution >= 0.6 is 0 Å². The lowest BCUT2D eigenvalue weighted by atomic mass is 9.92. The Morgan fingerprint density at radius 1 is 1.29 bits per heavy atom. The molecule has 1 unspecified atom stereocenters. The number of alkyl halides is 3. The largest absolute Gasteiger partial charge is 0.481 e. The number of hydrogen-bond donors (Lipinski definition) is 2. The fraction of sp³-hybridized carbons (Fsp3) is 0.529. The van der Waals surface area contributed by atoms with Gasteiger partial charge in [-0.25, -0.2) is 0 Å². The molecule has 0 saturated heterocycles. The number of amides is 1. The Morgan fingerprint density at radius 3 is 2.58 bits per heavy atom. The third-order valence-corrected chi connectivity index (χ3v) is 4.47. The van der Waals surface area contributed by atoms with Crippen molar-refractivity contribution in [3.8, 4) is 0 Å². The van der Waals surface area contributed by atoms with E-state index < -0.39 is 41.5 Å². The molecule has 132 valence electrons. The van der Waals surface area contributed by atoms with Crippen LogP contribution in [-0.4, -0.2) is 23.0 Å². The molecule has 0 heterocycles. The molecule has 1 aliphatic carbocycles. The Bertz CT molecular complexity index is 615. The Kier molecular flexibility index (Phi) is 5.51. The number of halogens is 3. The van der Waals surface area contributed by atoms with Crippen LogP contribution in [0.15, 0.2) is 24.3 Å². The molecule has 24 heavy (non-hydrogen) atoms. The van der Waals surface area contributed by atoms with Gasteiger partial charge in [-0.2, -0.15) is 13.2 Å². The minimum Gasteiger partial charge on any atom is -0.481 e. The summed E-state index contributed by atoms with van der Waals surface area (Å²) < 4.78 is 39.1. The number of nitrogens with one attached hydrogen (secondary N) is 1. The van der Waals surface area contributed by atoms with E-state index in [9.17, 15) is 22.8 Å². The van der Waals surface area contributed by atoms with Crippen molar-refractivity contribution in [3.05, 3.63) is 35.4 Å². The van der Waals surface area contributed by atoms with Crippen LogP contribution in [0, 0.1) is 5.92 Å². The Morgan fingerprint density at radius 2 is 1.96 bits per heavy atom. The molecular weight excluding hydrogens is 323 g/mol. The smallest absolute Gasteiger partial charge is 0.416 e. The highest BCUT2D eigenvalue weighted by Gasteiger charge is 2.36. The molecule has 7 heteroatoms. The SMILES string of the molecule is CC(CC(=O)N[C@@H]1CCC[C@@H]1C(=O)O)c1ccccc1C(F)(F)F. The van der Waals surface area contributed by atoms with Gasteiger partial charge in [-0.1, -0.05) is 31.5 Å². The molecule has 0 spiro atoms. The van der Waals surface area contributed by atoms with Crippen molar-refractivity contribution >= 4 is 11.9 Å². The first-order valence-corrected chi connectivity index (χ1v) is 7.88. The van der Waals surface area contributed by atoms with Crippen LogP contribution in [0.4, 0.5) is 13.2 Å². The van der Waals surface area contributed by atoms with Crippen molar-refractivity contribution < 1.29 is 27.9 Å². The highest BCUT2D eigenvalue weighted by Crippen LogP contribution is 2.36. The van der Waals surface area contributed by atoms with Crippen molar-refractivity contribution in [2.24, 2.45) is 5.92 Å². The van der Waals surface area contributed by atoms with Crippen LogP contribution in [0.2, 0.25) is 0 Å². The number of carbonyl (C=O) groups is 2. The molecule has 0 aliphatic heterocycles. The molecule has 1 amide bonds. The number of carboxylic acids is 1. The standard InChI is InChI=1S/C17H20F3NO3/c1-10(11-5-2-3-7-13(11)17(18,19)20)9-15(22)21-14-8-4-6-12(14)16(23)24/h2-3,5,7,10,12,14H,4,6,8-9H2,1H3,(H,21,22)(H,23,24)/t10?,12-,14+/m0/s1. The Labute approximate surface area is 138 Å². The van der Waals surface area contributed by atoms with E-state index in [1.807, 2.05) is 0 Å². The zero-order valence-corrected chi connectivity index (χ0v) is 13.3. The lowest BCUT2D eigenvalue weighted by molar-refractivity contribution is -0.142. The molecule has 2 rings (SSSR count). The first kappa shape index (κ1) is 18.3. The Balaban J connectivity index is 2.04. The number of rotatable bonds is 5. The van der Waals surface area contributed by atoms with Gasteiger partial charge in [0.1, 0.15) is 0 Å². The number of benzene rings is 1. The first-order chi connectivity index (χ1) is 11.2. The molecule has 0 bridgehead atoms. The molecular formula is C17H20F3NO3. The molecule has 1 aromatic carbocycles. The zero-order chi connectivity index (χ0) is 17.9. The number of carbonyl (C=O) groups excluding carboxylic acids is 1. The normalized spacial score (nSPS) is 22.2. The maximum absolute atomic E-state index is 13.0. The maximum Gasteiger partial charge on any atom is 0.416 e. The monoisotopic (exact) mass is 343 g/mol. The van der Waals surface area contributed by atoms with Crippen molar-refractivity contribution in [2.75, 3.05) is 0 Å². The highest BCUT2D eigenvalue weighted by atomic mass is 19.4. The van der Waals surface area contributed by atoms with E-state index in [1.165, 1.54) is 18.2 Å². The van der Waals surface area contributed by atoms with Gasteiger partial charge in [0.2, 0.25) is 5.91 Å². The number of carboxylic acid groups (broad SMARTS) is 1. The lowest BCUT2D eigenvalue weighted by Crippen LogP contribution is -2.40. The quantitative estimate of drug-likeness (QED) is 0.859. The van der Waals surface area contributed by atoms with Crippen LogP contribution in [0.3, 0.4) is 0 Å². The van der Waals surface area contributed by atoms with E-state index in [2.05, 4.69) is 5.32 Å². The van der Waals surface area contributed by atoms with Gasteiger partial charge in [-0.15, -0.1) is 0 Å². The predicted molar refractivity (Wildman–Crippen MR) is 81.4 cm³/mol. The molecule has 3 atom stereocenters. The summed E-state index contributed by atoms with van der Waals surface area (Å²) in [5.41, 5.74) is -0.670. The molecule has 1 aliphatic rings. The number of aliphatic carboxylic acids is 1. The molecule has 0 radical (unpaired) electrons. The van der Waals surface area contributed by atoms with Gasteiger partial charge in [-0.3, -0.25) is 9.59 Å². The average molecular weight is 343 g/mol. The molecule has 4 nitrogen and oxygen atoms in total. The minimum atomic E-state index is -4.47. The fourth-order valence-corrected chi connectivity index (χ4v) is 3.27. The second-order valence-electron chi connectivity index (χ2n) is 6.24. The van der Waals surface area contributed by atoms with Gasteiger partial charge in [-0.05, 0) is 30.4 Å². The van der Waals surface area contributed by atoms with Crippen LogP contribution in [0.1, 0.15) is 49.7 Å². The van der Waals surface area contributed by atoms with Gasteiger partial charge in [0.05, 0.1) is 11.5 Å². The van der Waals surface area contributed by atoms with Gasteiger partial charge in [0.25, 0.3) is 0 Å². The summed E-state index contributed by atoms with van der Waals surface area (Å²) in [6.07, 6.45) is -2.78. The van der Waals surface area contributed by atoms with Crippen LogP contribution in [0.5, 0.6) is 0 Å². The highest BCUT2D eigenvalue weighted by molar-refractivity contribution is 5.79.